The molecule has 12 aromatic carbocycles. The number of carboxylic acids is 1. The number of alkyl carbamates (subject to hydrolysis) is 4. The fourth-order valence-electron chi connectivity index (χ4n) is 12.9. The number of carbonyl (C=O) groups is 9. The molecule has 1 fully saturated rings. The molecule has 1 aliphatic rings. The van der Waals surface area contributed by atoms with Crippen molar-refractivity contribution in [2.75, 3.05) is 33.6 Å². The largest absolute Gasteiger partial charge is 0.478 e. The molecule has 0 spiro atoms. The molecule has 0 unspecified atom stereocenters. The molecule has 12 aromatic rings. The van der Waals surface area contributed by atoms with Crippen LogP contribution in [-0.4, -0.2) is 77.0 Å². The van der Waals surface area contributed by atoms with Crippen molar-refractivity contribution < 1.29 is 98.7 Å². The van der Waals surface area contributed by atoms with Crippen LogP contribution in [0.5, 0.6) is 0 Å². The number of nitrogen functional groups attached to an aromatic ring is 1. The second-order valence-electron chi connectivity index (χ2n) is 30.9. The number of ether oxygens (including phenoxy) is 4. The van der Waals surface area contributed by atoms with Crippen LogP contribution in [-0.2, 0) is 51.4 Å². The number of para-hydroxylation sites is 4. The minimum absolute atomic E-state index is 0.0183. The van der Waals surface area contributed by atoms with Gasteiger partial charge in [0.2, 0.25) is 0 Å². The Labute approximate surface area is 797 Å². The number of carbonyl (C=O) groups excluding carboxylic acids is 8. The molecule has 1 saturated carbocycles. The van der Waals surface area contributed by atoms with E-state index >= 15 is 0 Å². The Hall–Kier alpha value is -14.2. The van der Waals surface area contributed by atoms with Gasteiger partial charge in [-0.1, -0.05) is 176 Å². The summed E-state index contributed by atoms with van der Waals surface area (Å²) < 4.78 is 99.3. The first-order valence-electron chi connectivity index (χ1n) is 42.2. The van der Waals surface area contributed by atoms with Gasteiger partial charge in [-0.05, 0) is 211 Å². The molecule has 0 aromatic heterocycles. The van der Waals surface area contributed by atoms with Gasteiger partial charge < -0.3 is 77.4 Å². The maximum atomic E-state index is 13.1. The van der Waals surface area contributed by atoms with Crippen molar-refractivity contribution in [1.82, 2.24) is 21.3 Å². The van der Waals surface area contributed by atoms with Gasteiger partial charge in [0.15, 0.2) is 0 Å². The van der Waals surface area contributed by atoms with Crippen LogP contribution < -0.4 is 48.3 Å². The summed E-state index contributed by atoms with van der Waals surface area (Å²) in [5.74, 6) is -1.68. The average Bonchev–Trinajstić information content (AvgIpc) is 1.82. The second-order valence-corrected chi connectivity index (χ2v) is 32.8. The summed E-state index contributed by atoms with van der Waals surface area (Å²) in [4.78, 5) is 112. The molecule has 34 heteroatoms. The van der Waals surface area contributed by atoms with Crippen molar-refractivity contribution in [2.24, 2.45) is 5.92 Å². The molecule has 0 saturated heterocycles. The SMILES string of the molecule is C[C@@H](NC(=O)OCc1ccc(C(=O)Nc2ccccc2S)cc1)c1ccc(C(=O)O)cc1.Cc1ccc(CNC(=O)O[C@H](CC(F)(F)F)c2ccc(C(=O)Nc3ccccc3S)cc2)cc1.Nc1ccc(CNC(=O)O[C@H](CCO)c2ccc(C(=O)Nc3ccccc3S)cc2)cc1.O=C(N[C@@H](CCC1CC1)c1ccc(C(F)(F)F)cc1)OCc1ccc(C(=O)Nc2ccccc2S)cc1. The van der Waals surface area contributed by atoms with Crippen LogP contribution in [0.4, 0.5) is 74.0 Å². The Morgan fingerprint density at radius 3 is 1.12 bits per heavy atom. The number of halogens is 6. The number of aliphatic hydroxyl groups excluding tert-OH is 1. The van der Waals surface area contributed by atoms with E-state index in [4.69, 9.17) is 29.8 Å². The molecule has 24 nitrogen and oxygen atoms in total. The van der Waals surface area contributed by atoms with Crippen molar-refractivity contribution in [2.45, 2.75) is 135 Å². The lowest BCUT2D eigenvalue weighted by atomic mass is 9.99. The number of anilines is 5. The number of aryl methyl sites for hydroxylation is 1. The lowest BCUT2D eigenvalue weighted by Crippen LogP contribution is -2.29. The number of rotatable bonds is 31. The van der Waals surface area contributed by atoms with E-state index in [9.17, 15) is 74.6 Å². The van der Waals surface area contributed by atoms with Crippen LogP contribution in [0.3, 0.4) is 0 Å². The standard InChI is InChI=1S/C28H27F3N2O3S.C25H23F3N2O3S.C24H25N3O4S.C24H22N2O5S/c29-28(30,31)22-14-12-20(13-15-22)23(16-9-18-5-6-18)33-27(35)36-17-19-7-10-21(11-8-19)26(34)32-24-3-1-2-4-25(24)37;1-16-6-8-17(9-7-16)15-29-24(32)33-21(14-25(26,27)28)18-10-12-19(13-11-18)23(31)30-20-4-2-3-5-22(20)34;25-19-11-5-16(6-12-19)15-26-24(30)31-21(13-14-28)17-7-9-18(10-8-17)23(29)27-20-3-1-2-4-22(20)32;1-15(17-10-12-19(13-11-17)23(28)29)25-24(30)31-14-16-6-8-18(9-7-16)22(27)26-20-4-2-3-5-21(20)32/h1-4,7-8,10-15,18,23,37H,5-6,9,16-17H2,(H,32,34)(H,33,35);2-13,21,34H,14-15H2,1H3,(H,29,32)(H,30,31);1-12,21,28,32H,13-15,25H2,(H,26,30)(H,27,29);2-13,15,32H,14H2,1H3,(H,25,30)(H,26,27)(H,28,29)/t23-;2*21-;15-/m0111/s1. The van der Waals surface area contributed by atoms with Crippen LogP contribution in [0, 0.1) is 12.8 Å². The number of nitrogens with two attached hydrogens (primary N) is 1. The first kappa shape index (κ1) is 103. The van der Waals surface area contributed by atoms with Gasteiger partial charge in [-0.3, -0.25) is 19.2 Å². The van der Waals surface area contributed by atoms with Gasteiger partial charge in [-0.25, -0.2) is 24.0 Å². The van der Waals surface area contributed by atoms with E-state index in [0.29, 0.717) is 93.7 Å². The summed E-state index contributed by atoms with van der Waals surface area (Å²) in [6.45, 7) is 3.96. The van der Waals surface area contributed by atoms with Crippen LogP contribution in [0.25, 0.3) is 0 Å². The zero-order chi connectivity index (χ0) is 97.1. The fourth-order valence-corrected chi connectivity index (χ4v) is 13.8. The normalized spacial score (nSPS) is 12.3. The zero-order valence-electron chi connectivity index (χ0n) is 72.7. The van der Waals surface area contributed by atoms with E-state index in [1.165, 1.54) is 48.5 Å². The topological polar surface area (TPSA) is 353 Å². The molecule has 0 aliphatic heterocycles. The number of benzene rings is 12. The smallest absolute Gasteiger partial charge is 0.416 e. The van der Waals surface area contributed by atoms with Crippen molar-refractivity contribution in [3.05, 3.63) is 375 Å². The molecule has 702 valence electrons. The second kappa shape index (κ2) is 50.6. The summed E-state index contributed by atoms with van der Waals surface area (Å²) in [5, 5.41) is 40.1. The van der Waals surface area contributed by atoms with E-state index in [2.05, 4.69) is 93.0 Å². The lowest BCUT2D eigenvalue weighted by Gasteiger charge is -2.20. The maximum Gasteiger partial charge on any atom is 0.416 e. The third-order valence-electron chi connectivity index (χ3n) is 20.6. The first-order chi connectivity index (χ1) is 64.6. The molecular formula is C101H97F6N9O15S4. The summed E-state index contributed by atoms with van der Waals surface area (Å²) in [6, 6.07) is 78.7. The van der Waals surface area contributed by atoms with Gasteiger partial charge in [-0.15, -0.1) is 50.5 Å². The fraction of sp³-hybridized carbons (Fsp3) is 0.198. The van der Waals surface area contributed by atoms with E-state index < -0.39 is 78.8 Å². The number of aliphatic hydroxyl groups is 1. The summed E-state index contributed by atoms with van der Waals surface area (Å²) in [5.41, 5.74) is 15.9. The van der Waals surface area contributed by atoms with Crippen LogP contribution >= 0.6 is 50.5 Å². The Kier molecular flexibility index (Phi) is 38.6. The average molecular weight is 1920 g/mol. The molecule has 8 amide bonds. The highest BCUT2D eigenvalue weighted by Gasteiger charge is 2.36. The van der Waals surface area contributed by atoms with Crippen LogP contribution in [0.15, 0.2) is 311 Å². The molecule has 1 aliphatic carbocycles. The summed E-state index contributed by atoms with van der Waals surface area (Å²) in [7, 11) is 0. The number of aromatic carboxylic acids is 1. The highest BCUT2D eigenvalue weighted by Crippen LogP contribution is 2.38. The van der Waals surface area contributed by atoms with E-state index in [-0.39, 0.29) is 79.8 Å². The van der Waals surface area contributed by atoms with Crippen molar-refractivity contribution >= 4 is 133 Å². The number of nitrogens with one attached hydrogen (secondary N) is 8. The zero-order valence-corrected chi connectivity index (χ0v) is 76.3. The minimum atomic E-state index is -4.56. The van der Waals surface area contributed by atoms with E-state index in [0.717, 1.165) is 59.2 Å². The summed E-state index contributed by atoms with van der Waals surface area (Å²) in [6.07, 6.45) is -11.4. The third kappa shape index (κ3) is 34.4. The van der Waals surface area contributed by atoms with Crippen molar-refractivity contribution in [3.63, 3.8) is 0 Å². The number of hydrogen-bond acceptors (Lipinski definition) is 19. The quantitative estimate of drug-likeness (QED) is 0.00831. The van der Waals surface area contributed by atoms with E-state index in [1.54, 1.807) is 183 Å². The highest BCUT2D eigenvalue weighted by molar-refractivity contribution is 7.81. The number of amides is 8. The molecule has 13 rings (SSSR count). The van der Waals surface area contributed by atoms with Crippen LogP contribution in [0.1, 0.15) is 177 Å². The Bertz CT molecular complexity index is 6000. The van der Waals surface area contributed by atoms with Gasteiger partial charge in [0.05, 0.1) is 52.4 Å². The predicted octanol–water partition coefficient (Wildman–Crippen LogP) is 22.9. The number of thiol groups is 4. The van der Waals surface area contributed by atoms with Crippen LogP contribution in [0.2, 0.25) is 0 Å². The number of alkyl halides is 6. The Morgan fingerprint density at radius 1 is 0.407 bits per heavy atom. The lowest BCUT2D eigenvalue weighted by molar-refractivity contribution is -0.154. The predicted molar refractivity (Wildman–Crippen MR) is 513 cm³/mol. The molecule has 0 bridgehead atoms. The van der Waals surface area contributed by atoms with Gasteiger partial charge in [0, 0.05) is 73.6 Å². The summed E-state index contributed by atoms with van der Waals surface area (Å²) >= 11 is 17.2. The van der Waals surface area contributed by atoms with Crippen molar-refractivity contribution in [1.29, 1.82) is 0 Å². The maximum absolute atomic E-state index is 13.1. The number of carboxylic acid groups (broad SMARTS) is 1. The first-order valence-corrected chi connectivity index (χ1v) is 44.0. The van der Waals surface area contributed by atoms with Gasteiger partial charge in [0.1, 0.15) is 25.4 Å². The Morgan fingerprint density at radius 2 is 0.748 bits per heavy atom. The third-order valence-corrected chi connectivity index (χ3v) is 22.2. The van der Waals surface area contributed by atoms with Gasteiger partial charge in [0.25, 0.3) is 23.6 Å². The molecule has 135 heavy (non-hydrogen) atoms. The van der Waals surface area contributed by atoms with Gasteiger partial charge >= 0.3 is 42.7 Å². The molecule has 0 heterocycles. The molecule has 12 N–H and O–H groups in total. The van der Waals surface area contributed by atoms with E-state index in [1.807, 2.05) is 61.5 Å². The minimum Gasteiger partial charge on any atom is -0.478 e. The van der Waals surface area contributed by atoms with Gasteiger partial charge in [-0.2, -0.15) is 26.3 Å². The van der Waals surface area contributed by atoms with Crippen molar-refractivity contribution in [3.8, 4) is 0 Å². The molecular weight excluding hydrogens is 1820 g/mol. The molecule has 0 radical (unpaired) electrons. The number of hydrogen-bond donors (Lipinski definition) is 15. The Balaban J connectivity index is 0.000000187. The molecule has 4 atom stereocenters. The monoisotopic (exact) mass is 1920 g/mol. The highest BCUT2D eigenvalue weighted by atomic mass is 32.1.